The van der Waals surface area contributed by atoms with Crippen LogP contribution in [-0.2, 0) is 16.0 Å². The summed E-state index contributed by atoms with van der Waals surface area (Å²) in [6, 6.07) is 11.9. The summed E-state index contributed by atoms with van der Waals surface area (Å²) in [4.78, 5) is 29.4. The van der Waals surface area contributed by atoms with E-state index in [-0.39, 0.29) is 36.2 Å². The molecule has 2 aliphatic rings. The van der Waals surface area contributed by atoms with Crippen molar-refractivity contribution in [2.75, 3.05) is 37.7 Å². The third kappa shape index (κ3) is 5.69. The van der Waals surface area contributed by atoms with E-state index in [0.717, 1.165) is 47.7 Å². The topological polar surface area (TPSA) is 49.9 Å². The Morgan fingerprint density at radius 1 is 1.06 bits per heavy atom. The van der Waals surface area contributed by atoms with Crippen molar-refractivity contribution in [2.24, 2.45) is 5.92 Å². The number of halogens is 1. The van der Waals surface area contributed by atoms with Gasteiger partial charge in [0.15, 0.2) is 6.61 Å². The SMILES string of the molecule is CC(C)CC(=O)N1CCc2ccc(OCC(=O)N3CCSCC3)cc2C1c1ccc(F)cc1. The quantitative estimate of drug-likeness (QED) is 0.632. The molecule has 1 saturated heterocycles. The largest absolute Gasteiger partial charge is 0.484 e. The highest BCUT2D eigenvalue weighted by Crippen LogP contribution is 2.38. The minimum Gasteiger partial charge on any atom is -0.484 e. The van der Waals surface area contributed by atoms with Gasteiger partial charge in [0.2, 0.25) is 5.91 Å². The standard InChI is InChI=1S/C26H31FN2O3S/c1-18(2)15-24(30)29-10-9-19-5-8-22(32-17-25(31)28-11-13-33-14-12-28)16-23(19)26(29)20-3-6-21(27)7-4-20/h3-8,16,18,26H,9-15,17H2,1-2H3. The van der Waals surface area contributed by atoms with Crippen LogP contribution in [0.25, 0.3) is 0 Å². The Labute approximate surface area is 199 Å². The molecule has 0 aromatic heterocycles. The fourth-order valence-electron chi connectivity index (χ4n) is 4.47. The van der Waals surface area contributed by atoms with Gasteiger partial charge < -0.3 is 14.5 Å². The summed E-state index contributed by atoms with van der Waals surface area (Å²) in [6.07, 6.45) is 1.22. The van der Waals surface area contributed by atoms with E-state index in [1.54, 1.807) is 12.1 Å². The van der Waals surface area contributed by atoms with Gasteiger partial charge in [-0.15, -0.1) is 0 Å². The molecule has 0 spiro atoms. The molecule has 2 aromatic carbocycles. The van der Waals surface area contributed by atoms with E-state index < -0.39 is 0 Å². The summed E-state index contributed by atoms with van der Waals surface area (Å²) in [7, 11) is 0. The maximum Gasteiger partial charge on any atom is 0.260 e. The fourth-order valence-corrected chi connectivity index (χ4v) is 5.37. The summed E-state index contributed by atoms with van der Waals surface area (Å²) in [5, 5.41) is 0. The predicted molar refractivity (Wildman–Crippen MR) is 129 cm³/mol. The Bertz CT molecular complexity index is 990. The second-order valence-corrected chi connectivity index (χ2v) is 10.3. The molecular formula is C26H31FN2O3S. The van der Waals surface area contributed by atoms with Crippen LogP contribution in [-0.4, -0.2) is 59.4 Å². The molecule has 1 atom stereocenters. The molecular weight excluding hydrogens is 439 g/mol. The zero-order valence-corrected chi connectivity index (χ0v) is 20.1. The highest BCUT2D eigenvalue weighted by atomic mass is 32.2. The Balaban J connectivity index is 1.59. The molecule has 176 valence electrons. The summed E-state index contributed by atoms with van der Waals surface area (Å²) >= 11 is 1.86. The molecule has 2 amide bonds. The van der Waals surface area contributed by atoms with E-state index in [4.69, 9.17) is 4.74 Å². The number of nitrogens with zero attached hydrogens (tertiary/aromatic N) is 2. The van der Waals surface area contributed by atoms with Crippen molar-refractivity contribution < 1.29 is 18.7 Å². The van der Waals surface area contributed by atoms with Gasteiger partial charge >= 0.3 is 0 Å². The molecule has 2 aliphatic heterocycles. The first-order valence-electron chi connectivity index (χ1n) is 11.6. The van der Waals surface area contributed by atoms with Crippen LogP contribution in [0.3, 0.4) is 0 Å². The monoisotopic (exact) mass is 470 g/mol. The number of carbonyl (C=O) groups is 2. The number of hydrogen-bond acceptors (Lipinski definition) is 4. The van der Waals surface area contributed by atoms with Gasteiger partial charge in [-0.2, -0.15) is 11.8 Å². The van der Waals surface area contributed by atoms with Gasteiger partial charge in [0.1, 0.15) is 11.6 Å². The van der Waals surface area contributed by atoms with Crippen molar-refractivity contribution in [1.29, 1.82) is 0 Å². The first kappa shape index (κ1) is 23.6. The zero-order chi connectivity index (χ0) is 23.4. The molecule has 7 heteroatoms. The van der Waals surface area contributed by atoms with Crippen LogP contribution in [0.15, 0.2) is 42.5 Å². The van der Waals surface area contributed by atoms with Crippen LogP contribution in [0.2, 0.25) is 0 Å². The molecule has 1 unspecified atom stereocenters. The minimum absolute atomic E-state index is 0.000657. The summed E-state index contributed by atoms with van der Waals surface area (Å²) in [6.45, 7) is 6.21. The lowest BCUT2D eigenvalue weighted by Crippen LogP contribution is -2.41. The van der Waals surface area contributed by atoms with E-state index in [1.165, 1.54) is 12.1 Å². The summed E-state index contributed by atoms with van der Waals surface area (Å²) in [5.41, 5.74) is 2.99. The van der Waals surface area contributed by atoms with Crippen molar-refractivity contribution >= 4 is 23.6 Å². The first-order chi connectivity index (χ1) is 15.9. The summed E-state index contributed by atoms with van der Waals surface area (Å²) in [5.74, 6) is 2.57. The molecule has 2 aromatic rings. The molecule has 4 rings (SSSR count). The molecule has 0 radical (unpaired) electrons. The van der Waals surface area contributed by atoms with Crippen LogP contribution < -0.4 is 4.74 Å². The number of hydrogen-bond donors (Lipinski definition) is 0. The van der Waals surface area contributed by atoms with Crippen molar-refractivity contribution in [2.45, 2.75) is 32.7 Å². The molecule has 5 nitrogen and oxygen atoms in total. The predicted octanol–water partition coefficient (Wildman–Crippen LogP) is 4.30. The van der Waals surface area contributed by atoms with Crippen molar-refractivity contribution in [3.05, 3.63) is 65.0 Å². The van der Waals surface area contributed by atoms with Gasteiger partial charge in [0.25, 0.3) is 5.91 Å². The molecule has 1 fully saturated rings. The van der Waals surface area contributed by atoms with E-state index in [2.05, 4.69) is 0 Å². The summed E-state index contributed by atoms with van der Waals surface area (Å²) < 4.78 is 19.5. The van der Waals surface area contributed by atoms with Gasteiger partial charge in [-0.05, 0) is 53.3 Å². The number of rotatable bonds is 6. The van der Waals surface area contributed by atoms with Gasteiger partial charge in [-0.1, -0.05) is 32.0 Å². The Kier molecular flexibility index (Phi) is 7.58. The molecule has 0 N–H and O–H groups in total. The smallest absolute Gasteiger partial charge is 0.260 e. The fraction of sp³-hybridized carbons (Fsp3) is 0.462. The lowest BCUT2D eigenvalue weighted by Gasteiger charge is -2.38. The van der Waals surface area contributed by atoms with Crippen LogP contribution >= 0.6 is 11.8 Å². The lowest BCUT2D eigenvalue weighted by molar-refractivity contribution is -0.134. The third-order valence-electron chi connectivity index (χ3n) is 6.16. The molecule has 33 heavy (non-hydrogen) atoms. The van der Waals surface area contributed by atoms with Crippen LogP contribution in [0.4, 0.5) is 4.39 Å². The normalized spacial score (nSPS) is 18.2. The van der Waals surface area contributed by atoms with Crippen molar-refractivity contribution in [3.8, 4) is 5.75 Å². The number of ether oxygens (including phenoxy) is 1. The minimum atomic E-state index is -0.307. The first-order valence-corrected chi connectivity index (χ1v) is 12.7. The van der Waals surface area contributed by atoms with Crippen LogP contribution in [0.5, 0.6) is 5.75 Å². The maximum absolute atomic E-state index is 13.6. The third-order valence-corrected chi connectivity index (χ3v) is 7.10. The number of benzene rings is 2. The number of carbonyl (C=O) groups excluding carboxylic acids is 2. The lowest BCUT2D eigenvalue weighted by atomic mass is 9.87. The molecule has 2 heterocycles. The molecule has 0 bridgehead atoms. The Hall–Kier alpha value is -2.54. The highest BCUT2D eigenvalue weighted by Gasteiger charge is 2.32. The Morgan fingerprint density at radius 2 is 1.79 bits per heavy atom. The van der Waals surface area contributed by atoms with E-state index in [0.29, 0.717) is 18.7 Å². The van der Waals surface area contributed by atoms with Crippen LogP contribution in [0, 0.1) is 11.7 Å². The van der Waals surface area contributed by atoms with Gasteiger partial charge in [-0.25, -0.2) is 4.39 Å². The van der Waals surface area contributed by atoms with Crippen molar-refractivity contribution in [1.82, 2.24) is 9.80 Å². The van der Waals surface area contributed by atoms with E-state index in [1.807, 2.05) is 53.6 Å². The number of fused-ring (bicyclic) bond motifs is 1. The van der Waals surface area contributed by atoms with E-state index >= 15 is 0 Å². The van der Waals surface area contributed by atoms with Gasteiger partial charge in [0, 0.05) is 37.6 Å². The zero-order valence-electron chi connectivity index (χ0n) is 19.3. The number of thioether (sulfide) groups is 1. The van der Waals surface area contributed by atoms with Crippen molar-refractivity contribution in [3.63, 3.8) is 0 Å². The second-order valence-electron chi connectivity index (χ2n) is 9.03. The second kappa shape index (κ2) is 10.6. The maximum atomic E-state index is 13.6. The van der Waals surface area contributed by atoms with Crippen LogP contribution in [0.1, 0.15) is 43.0 Å². The Morgan fingerprint density at radius 3 is 2.48 bits per heavy atom. The average Bonchev–Trinajstić information content (AvgIpc) is 2.82. The van der Waals surface area contributed by atoms with Gasteiger partial charge in [0.05, 0.1) is 6.04 Å². The number of amides is 2. The van der Waals surface area contributed by atoms with E-state index in [9.17, 15) is 14.0 Å². The van der Waals surface area contributed by atoms with Gasteiger partial charge in [-0.3, -0.25) is 9.59 Å². The average molecular weight is 471 g/mol. The molecule has 0 saturated carbocycles. The highest BCUT2D eigenvalue weighted by molar-refractivity contribution is 7.99. The molecule has 0 aliphatic carbocycles.